The smallest absolute Gasteiger partial charge is 0.481 e. The molecule has 78 heavy (non-hydrogen) atoms. The van der Waals surface area contributed by atoms with Crippen LogP contribution >= 0.6 is 47.0 Å². The van der Waals surface area contributed by atoms with E-state index in [9.17, 15) is 77.4 Å². The number of anilines is 1. The summed E-state index contributed by atoms with van der Waals surface area (Å²) >= 11 is 1.99. The lowest BCUT2D eigenvalue weighted by molar-refractivity contribution is -0.138. The molecule has 1 aliphatic heterocycles. The van der Waals surface area contributed by atoms with E-state index in [1.807, 2.05) is 6.08 Å². The summed E-state index contributed by atoms with van der Waals surface area (Å²) in [5.41, 5.74) is 9.74. The number of thioether (sulfide) groups is 2. The van der Waals surface area contributed by atoms with Crippen molar-refractivity contribution in [1.29, 1.82) is 0 Å². The molecule has 36 heteroatoms. The first kappa shape index (κ1) is 67.9. The summed E-state index contributed by atoms with van der Waals surface area (Å²) in [4.78, 5) is 123. The number of fused-ring (bicyclic) bond motifs is 1. The molecule has 10 unspecified atom stereocenters. The average Bonchev–Trinajstić information content (AvgIpc) is 3.91. The number of phosphoric ester groups is 3. The number of unbranched alkanes of at least 4 members (excludes halogenated alkanes) is 1. The van der Waals surface area contributed by atoms with Crippen molar-refractivity contribution in [2.24, 2.45) is 11.1 Å². The van der Waals surface area contributed by atoms with Gasteiger partial charge in [-0.05, 0) is 25.7 Å². The third-order valence-corrected chi connectivity index (χ3v) is 16.1. The van der Waals surface area contributed by atoms with E-state index in [2.05, 4.69) is 34.4 Å². The number of aliphatic hydroxyl groups excluding tert-OH is 3. The highest BCUT2D eigenvalue weighted by molar-refractivity contribution is 8.13. The SMILES string of the molecule is CC(C)(COP(=O)(O)OP(=O)(O)OCC1OC(n2cnc3c(N)ncnc32)C(O)C1OP(=O)(O)O)C(O)C(=O)NCCC(=O)NCCSC(=O)CC(=O)CCCC=CC=CC=CC(SCC(N)C(=O)O)C(O)CCCC(=O)O. The molecule has 2 aromatic heterocycles. The molecule has 0 aliphatic carbocycles. The van der Waals surface area contributed by atoms with Crippen LogP contribution < -0.4 is 22.1 Å². The van der Waals surface area contributed by atoms with Crippen LogP contribution in [0.4, 0.5) is 5.82 Å². The van der Waals surface area contributed by atoms with E-state index in [4.69, 9.17) is 35.5 Å². The number of allylic oxidation sites excluding steroid dienone is 5. The van der Waals surface area contributed by atoms with Crippen molar-refractivity contribution in [1.82, 2.24) is 30.2 Å². The van der Waals surface area contributed by atoms with Gasteiger partial charge in [0.1, 0.15) is 48.1 Å². The van der Waals surface area contributed by atoms with Crippen LogP contribution in [0.1, 0.15) is 71.4 Å². The minimum absolute atomic E-state index is 0.00855. The Bertz CT molecular complexity index is 2600. The first-order chi connectivity index (χ1) is 36.4. The number of carboxylic acids is 2. The van der Waals surface area contributed by atoms with Gasteiger partial charge in [-0.25, -0.2) is 28.6 Å². The lowest BCUT2D eigenvalue weighted by Crippen LogP contribution is -2.46. The number of carbonyl (C=O) groups excluding carboxylic acids is 4. The molecule has 0 aromatic carbocycles. The number of aromatic nitrogens is 4. The lowest BCUT2D eigenvalue weighted by Gasteiger charge is -2.30. The normalized spacial score (nSPS) is 20.3. The van der Waals surface area contributed by atoms with Crippen LogP contribution in [0.5, 0.6) is 0 Å². The molecule has 0 saturated carbocycles. The predicted molar refractivity (Wildman–Crippen MR) is 277 cm³/mol. The number of ether oxygens (including phenoxy) is 1. The zero-order valence-electron chi connectivity index (χ0n) is 42.0. The molecule has 2 amide bonds. The number of nitrogens with zero attached hydrogens (tertiary/aromatic N) is 4. The second kappa shape index (κ2) is 32.2. The molecule has 31 nitrogen and oxygen atoms in total. The van der Waals surface area contributed by atoms with Crippen LogP contribution in [0.25, 0.3) is 11.2 Å². The van der Waals surface area contributed by atoms with Crippen LogP contribution in [-0.4, -0.2) is 179 Å². The number of phosphoric acid groups is 3. The number of carboxylic acid groups (broad SMARTS) is 2. The summed E-state index contributed by atoms with van der Waals surface area (Å²) in [5, 5.41) is 53.9. The van der Waals surface area contributed by atoms with Crippen molar-refractivity contribution in [2.75, 3.05) is 43.5 Å². The van der Waals surface area contributed by atoms with Gasteiger partial charge in [-0.2, -0.15) is 4.31 Å². The largest absolute Gasteiger partial charge is 0.481 e. The number of ketones is 1. The Balaban J connectivity index is 1.32. The fraction of sp³-hybridized carbons (Fsp3) is 0.595. The van der Waals surface area contributed by atoms with E-state index in [1.54, 1.807) is 30.4 Å². The topological polar surface area (TPSA) is 502 Å². The molecular formula is C42H65N8O23P3S2. The van der Waals surface area contributed by atoms with Crippen molar-refractivity contribution in [3.8, 4) is 0 Å². The van der Waals surface area contributed by atoms with Crippen LogP contribution in [-0.2, 0) is 65.1 Å². The number of Topliss-reactive ketones (excluding diaryl/α,β-unsaturated/α-hetero) is 1. The fourth-order valence-corrected chi connectivity index (χ4v) is 11.4. The van der Waals surface area contributed by atoms with Crippen LogP contribution in [0.15, 0.2) is 49.1 Å². The maximum Gasteiger partial charge on any atom is 0.481 e. The van der Waals surface area contributed by atoms with Gasteiger partial charge in [0.2, 0.25) is 11.8 Å². The fourth-order valence-electron chi connectivity index (χ4n) is 6.70. The maximum absolute atomic E-state index is 12.8. The number of nitrogen functional groups attached to an aromatic ring is 1. The number of carbonyl (C=O) groups is 6. The second-order valence-corrected chi connectivity index (χ2v) is 24.3. The predicted octanol–water partition coefficient (Wildman–Crippen LogP) is 0.592. The number of hydrogen-bond acceptors (Lipinski definition) is 24. The molecule has 1 fully saturated rings. The van der Waals surface area contributed by atoms with Crippen molar-refractivity contribution in [3.63, 3.8) is 0 Å². The summed E-state index contributed by atoms with van der Waals surface area (Å²) in [6.45, 7) is 0.0853. The highest BCUT2D eigenvalue weighted by Gasteiger charge is 2.50. The number of aliphatic hydroxyl groups is 3. The zero-order chi connectivity index (χ0) is 58.4. The van der Waals surface area contributed by atoms with Crippen molar-refractivity contribution in [3.05, 3.63) is 49.1 Å². The standard InChI is InChI=1S/C42H65N8O23P3S2/c1-42(2,22-70-76(67,68)73-75(65,66)69-20-28-35(72-74(62,63)64)34(57)40(71-28)50-24-49-33-37(44)47-23-48-38(33)50)36(58)39(59)46-16-15-30(53)45-17-18-77-32(56)19-25(51)11-8-6-4-3-5-7-9-13-29(78-21-26(43)41(60)61)27(52)12-10-14-31(54)55/h3-5,7,9,13,23-24,26-29,34-36,40,52,57-58H,6,8,10-12,14-22,43H2,1-2H3,(H,45,53)(H,46,59)(H,54,55)(H,60,61)(H,65,66)(H,67,68)(H2,44,47,48)(H2,62,63,64). The van der Waals surface area contributed by atoms with Crippen molar-refractivity contribution < 1.29 is 110 Å². The van der Waals surface area contributed by atoms with Gasteiger partial charge < -0.3 is 71.9 Å². The van der Waals surface area contributed by atoms with Crippen molar-refractivity contribution >= 4 is 98.6 Å². The number of rotatable bonds is 37. The van der Waals surface area contributed by atoms with E-state index in [0.717, 1.165) is 40.7 Å². The molecule has 2 aromatic rings. The summed E-state index contributed by atoms with van der Waals surface area (Å²) in [5.74, 6) is -3.91. The van der Waals surface area contributed by atoms with E-state index in [-0.39, 0.29) is 85.9 Å². The van der Waals surface area contributed by atoms with Gasteiger partial charge >= 0.3 is 35.4 Å². The van der Waals surface area contributed by atoms with Gasteiger partial charge in [0.05, 0.1) is 32.1 Å². The molecular weight excluding hydrogens is 1140 g/mol. The molecule has 1 saturated heterocycles. The van der Waals surface area contributed by atoms with Gasteiger partial charge in [-0.15, -0.1) is 11.8 Å². The van der Waals surface area contributed by atoms with Gasteiger partial charge in [-0.1, -0.05) is 62.1 Å². The zero-order valence-corrected chi connectivity index (χ0v) is 46.3. The number of amides is 2. The molecule has 1 aliphatic rings. The molecule has 0 radical (unpaired) electrons. The summed E-state index contributed by atoms with van der Waals surface area (Å²) in [7, 11) is -16.5. The molecule has 3 rings (SSSR count). The van der Waals surface area contributed by atoms with E-state index in [1.165, 1.54) is 13.8 Å². The monoisotopic (exact) mass is 1210 g/mol. The van der Waals surface area contributed by atoms with Crippen LogP contribution in [0.3, 0.4) is 0 Å². The van der Waals surface area contributed by atoms with Gasteiger partial charge in [0.15, 0.2) is 22.8 Å². The Hall–Kier alpha value is -4.34. The number of imidazole rings is 1. The third kappa shape index (κ3) is 24.6. The number of aliphatic carboxylic acids is 2. The maximum atomic E-state index is 12.8. The Morgan fingerprint density at radius 2 is 1.62 bits per heavy atom. The Labute approximate surface area is 454 Å². The number of hydrogen-bond donors (Lipinski definition) is 13. The first-order valence-electron chi connectivity index (χ1n) is 23.5. The minimum atomic E-state index is -5.62. The van der Waals surface area contributed by atoms with E-state index < -0.39 is 119 Å². The summed E-state index contributed by atoms with van der Waals surface area (Å²) < 4.78 is 62.4. The molecule has 15 N–H and O–H groups in total. The molecule has 438 valence electrons. The van der Waals surface area contributed by atoms with Crippen LogP contribution in [0.2, 0.25) is 0 Å². The Morgan fingerprint density at radius 3 is 2.29 bits per heavy atom. The second-order valence-electron chi connectivity index (χ2n) is 17.7. The Kier molecular flexibility index (Phi) is 28.0. The van der Waals surface area contributed by atoms with Gasteiger partial charge in [-0.3, -0.25) is 46.9 Å². The van der Waals surface area contributed by atoms with E-state index >= 15 is 0 Å². The lowest BCUT2D eigenvalue weighted by atomic mass is 9.87. The molecule has 3 heterocycles. The van der Waals surface area contributed by atoms with E-state index in [0.29, 0.717) is 12.8 Å². The first-order valence-corrected chi connectivity index (χ1v) is 30.0. The number of nitrogens with one attached hydrogen (secondary N) is 2. The minimum Gasteiger partial charge on any atom is -0.481 e. The average molecular weight is 1210 g/mol. The molecule has 0 spiro atoms. The molecule has 0 bridgehead atoms. The number of nitrogens with two attached hydrogens (primary N) is 2. The summed E-state index contributed by atoms with van der Waals surface area (Å²) in [6.07, 6.45) is 3.28. The van der Waals surface area contributed by atoms with Crippen molar-refractivity contribution in [2.45, 2.75) is 113 Å². The van der Waals surface area contributed by atoms with Gasteiger partial charge in [0, 0.05) is 54.5 Å². The highest BCUT2D eigenvalue weighted by Crippen LogP contribution is 2.61. The third-order valence-electron chi connectivity index (χ3n) is 10.8. The van der Waals surface area contributed by atoms with Gasteiger partial charge in [0.25, 0.3) is 0 Å². The van der Waals surface area contributed by atoms with Crippen LogP contribution in [0, 0.1) is 5.41 Å². The quantitative estimate of drug-likeness (QED) is 0.0191. The highest BCUT2D eigenvalue weighted by atomic mass is 32.2. The molecule has 10 atom stereocenters. The summed E-state index contributed by atoms with van der Waals surface area (Å²) in [6, 6.07) is -1.13. The Morgan fingerprint density at radius 1 is 0.923 bits per heavy atom.